The molecule has 0 aliphatic heterocycles. The van der Waals surface area contributed by atoms with Gasteiger partial charge in [0.05, 0.1) is 12.1 Å². The fourth-order valence-corrected chi connectivity index (χ4v) is 2.35. The fraction of sp³-hybridized carbons (Fsp3) is 0.0714. The lowest BCUT2D eigenvalue weighted by Crippen LogP contribution is -1.98. The van der Waals surface area contributed by atoms with Crippen LogP contribution in [0, 0.1) is 3.77 Å². The maximum Gasteiger partial charge on any atom is 0.164 e. The first-order chi connectivity index (χ1) is 8.83. The third kappa shape index (κ3) is 2.33. The third-order valence-electron chi connectivity index (χ3n) is 2.73. The van der Waals surface area contributed by atoms with Crippen LogP contribution in [-0.4, -0.2) is 4.98 Å². The summed E-state index contributed by atoms with van der Waals surface area (Å²) in [6, 6.07) is 14.0. The van der Waals surface area contributed by atoms with Crippen LogP contribution in [0.25, 0.3) is 10.9 Å². The standard InChI is InChI=1S/C14H11IN2O/c15-14-7-6-10(18-14)9-17-13-5-1-4-12-11(13)3-2-8-16-12/h1-8,17H,9H2. The molecule has 2 heterocycles. The van der Waals surface area contributed by atoms with Crippen molar-refractivity contribution in [1.82, 2.24) is 4.98 Å². The minimum atomic E-state index is 0.678. The van der Waals surface area contributed by atoms with E-state index in [1.807, 2.05) is 30.3 Å². The van der Waals surface area contributed by atoms with Crippen LogP contribution >= 0.6 is 22.6 Å². The molecule has 0 saturated heterocycles. The van der Waals surface area contributed by atoms with E-state index in [2.05, 4.69) is 45.0 Å². The zero-order chi connectivity index (χ0) is 12.4. The van der Waals surface area contributed by atoms with Crippen LogP contribution in [0.2, 0.25) is 0 Å². The molecule has 2 aromatic heterocycles. The lowest BCUT2D eigenvalue weighted by molar-refractivity contribution is 0.493. The highest BCUT2D eigenvalue weighted by Gasteiger charge is 2.02. The number of nitrogens with one attached hydrogen (secondary N) is 1. The van der Waals surface area contributed by atoms with Gasteiger partial charge in [0, 0.05) is 17.3 Å². The SMILES string of the molecule is Ic1ccc(CNc2cccc3ncccc23)o1. The summed E-state index contributed by atoms with van der Waals surface area (Å²) in [5, 5.41) is 4.51. The monoisotopic (exact) mass is 350 g/mol. The maximum atomic E-state index is 5.53. The highest BCUT2D eigenvalue weighted by atomic mass is 127. The van der Waals surface area contributed by atoms with E-state index in [-0.39, 0.29) is 0 Å². The number of nitrogens with zero attached hydrogens (tertiary/aromatic N) is 1. The van der Waals surface area contributed by atoms with Crippen LogP contribution in [0.1, 0.15) is 5.76 Å². The zero-order valence-electron chi connectivity index (χ0n) is 9.56. The molecule has 0 amide bonds. The number of halogens is 1. The highest BCUT2D eigenvalue weighted by molar-refractivity contribution is 14.1. The summed E-state index contributed by atoms with van der Waals surface area (Å²) in [5.74, 6) is 0.931. The van der Waals surface area contributed by atoms with Crippen molar-refractivity contribution in [3.05, 3.63) is 58.2 Å². The molecular formula is C14H11IN2O. The van der Waals surface area contributed by atoms with Crippen LogP contribution in [0.15, 0.2) is 53.1 Å². The Labute approximate surface area is 118 Å². The Morgan fingerprint density at radius 3 is 2.89 bits per heavy atom. The molecule has 0 spiro atoms. The summed E-state index contributed by atoms with van der Waals surface area (Å²) >= 11 is 2.16. The van der Waals surface area contributed by atoms with Crippen LogP contribution in [0.4, 0.5) is 5.69 Å². The molecule has 0 fully saturated rings. The molecule has 0 unspecified atom stereocenters. The Morgan fingerprint density at radius 1 is 1.11 bits per heavy atom. The number of aromatic nitrogens is 1. The molecule has 3 rings (SSSR count). The number of rotatable bonds is 3. The molecular weight excluding hydrogens is 339 g/mol. The molecule has 0 aliphatic rings. The van der Waals surface area contributed by atoms with Crippen LogP contribution < -0.4 is 5.32 Å². The normalized spacial score (nSPS) is 10.7. The van der Waals surface area contributed by atoms with Crippen LogP contribution in [-0.2, 0) is 6.54 Å². The molecule has 1 N–H and O–H groups in total. The van der Waals surface area contributed by atoms with Gasteiger partial charge in [0.1, 0.15) is 5.76 Å². The number of pyridine rings is 1. The summed E-state index contributed by atoms with van der Waals surface area (Å²) in [4.78, 5) is 4.34. The predicted molar refractivity (Wildman–Crippen MR) is 80.5 cm³/mol. The van der Waals surface area contributed by atoms with Gasteiger partial charge in [-0.25, -0.2) is 0 Å². The van der Waals surface area contributed by atoms with E-state index >= 15 is 0 Å². The van der Waals surface area contributed by atoms with Gasteiger partial charge in [-0.05, 0) is 59.0 Å². The Kier molecular flexibility index (Phi) is 3.19. The Hall–Kier alpha value is -1.56. The van der Waals surface area contributed by atoms with Gasteiger partial charge in [-0.3, -0.25) is 4.98 Å². The fourth-order valence-electron chi connectivity index (χ4n) is 1.89. The number of anilines is 1. The Balaban J connectivity index is 1.86. The Morgan fingerprint density at radius 2 is 2.06 bits per heavy atom. The van der Waals surface area contributed by atoms with Gasteiger partial charge in [-0.2, -0.15) is 0 Å². The van der Waals surface area contributed by atoms with Gasteiger partial charge in [0.15, 0.2) is 3.77 Å². The van der Waals surface area contributed by atoms with Gasteiger partial charge in [0.25, 0.3) is 0 Å². The topological polar surface area (TPSA) is 38.1 Å². The number of hydrogen-bond acceptors (Lipinski definition) is 3. The second-order valence-corrected chi connectivity index (χ2v) is 5.00. The quantitative estimate of drug-likeness (QED) is 0.725. The van der Waals surface area contributed by atoms with Gasteiger partial charge in [-0.1, -0.05) is 6.07 Å². The van der Waals surface area contributed by atoms with Crippen molar-refractivity contribution in [3.8, 4) is 0 Å². The van der Waals surface area contributed by atoms with E-state index in [1.165, 1.54) is 0 Å². The van der Waals surface area contributed by atoms with Crippen molar-refractivity contribution in [2.75, 3.05) is 5.32 Å². The number of hydrogen-bond donors (Lipinski definition) is 1. The molecule has 3 aromatic rings. The van der Waals surface area contributed by atoms with Gasteiger partial charge < -0.3 is 9.73 Å². The minimum Gasteiger partial charge on any atom is -0.454 e. The summed E-state index contributed by atoms with van der Waals surface area (Å²) in [5.41, 5.74) is 2.07. The van der Waals surface area contributed by atoms with E-state index in [9.17, 15) is 0 Å². The van der Waals surface area contributed by atoms with Crippen molar-refractivity contribution in [2.45, 2.75) is 6.54 Å². The molecule has 0 saturated carbocycles. The molecule has 0 bridgehead atoms. The van der Waals surface area contributed by atoms with E-state index in [0.29, 0.717) is 6.54 Å². The Bertz CT molecular complexity index is 673. The highest BCUT2D eigenvalue weighted by Crippen LogP contribution is 2.22. The zero-order valence-corrected chi connectivity index (χ0v) is 11.7. The molecule has 0 atom stereocenters. The van der Waals surface area contributed by atoms with E-state index in [0.717, 1.165) is 26.1 Å². The molecule has 0 radical (unpaired) electrons. The van der Waals surface area contributed by atoms with Crippen molar-refractivity contribution in [1.29, 1.82) is 0 Å². The minimum absolute atomic E-state index is 0.678. The van der Waals surface area contributed by atoms with Crippen molar-refractivity contribution in [2.24, 2.45) is 0 Å². The number of fused-ring (bicyclic) bond motifs is 1. The molecule has 3 nitrogen and oxygen atoms in total. The first-order valence-corrected chi connectivity index (χ1v) is 6.72. The third-order valence-corrected chi connectivity index (χ3v) is 3.31. The lowest BCUT2D eigenvalue weighted by Gasteiger charge is -2.07. The average Bonchev–Trinajstić information content (AvgIpc) is 2.82. The smallest absolute Gasteiger partial charge is 0.164 e. The molecule has 90 valence electrons. The van der Waals surface area contributed by atoms with E-state index < -0.39 is 0 Å². The largest absolute Gasteiger partial charge is 0.454 e. The van der Waals surface area contributed by atoms with E-state index in [4.69, 9.17) is 4.42 Å². The number of benzene rings is 1. The molecule has 0 aliphatic carbocycles. The van der Waals surface area contributed by atoms with Crippen LogP contribution in [0.5, 0.6) is 0 Å². The molecule has 18 heavy (non-hydrogen) atoms. The average molecular weight is 350 g/mol. The maximum absolute atomic E-state index is 5.53. The molecule has 1 aromatic carbocycles. The summed E-state index contributed by atoms with van der Waals surface area (Å²) in [6.45, 7) is 0.678. The van der Waals surface area contributed by atoms with Gasteiger partial charge in [-0.15, -0.1) is 0 Å². The first-order valence-electron chi connectivity index (χ1n) is 5.65. The van der Waals surface area contributed by atoms with Crippen molar-refractivity contribution < 1.29 is 4.42 Å². The van der Waals surface area contributed by atoms with E-state index in [1.54, 1.807) is 6.20 Å². The van der Waals surface area contributed by atoms with Crippen molar-refractivity contribution in [3.63, 3.8) is 0 Å². The first kappa shape index (κ1) is 11.5. The van der Waals surface area contributed by atoms with Crippen molar-refractivity contribution >= 4 is 39.2 Å². The summed E-state index contributed by atoms with van der Waals surface area (Å²) in [6.07, 6.45) is 1.81. The lowest BCUT2D eigenvalue weighted by atomic mass is 10.2. The van der Waals surface area contributed by atoms with Gasteiger partial charge >= 0.3 is 0 Å². The summed E-state index contributed by atoms with van der Waals surface area (Å²) < 4.78 is 6.43. The number of furan rings is 1. The summed E-state index contributed by atoms with van der Waals surface area (Å²) in [7, 11) is 0. The molecule has 4 heteroatoms. The second-order valence-electron chi connectivity index (χ2n) is 3.94. The van der Waals surface area contributed by atoms with Gasteiger partial charge in [0.2, 0.25) is 0 Å². The van der Waals surface area contributed by atoms with Crippen LogP contribution in [0.3, 0.4) is 0 Å². The predicted octanol–water partition coefficient (Wildman–Crippen LogP) is 4.04. The second kappa shape index (κ2) is 4.97.